The molecule has 1 aliphatic heterocycles. The van der Waals surface area contributed by atoms with Gasteiger partial charge in [0.05, 0.1) is 6.54 Å². The highest BCUT2D eigenvalue weighted by Gasteiger charge is 1.92. The smallest absolute Gasteiger partial charge is 0.0606 e. The van der Waals surface area contributed by atoms with E-state index in [1.807, 2.05) is 0 Å². The first kappa shape index (κ1) is 4.27. The van der Waals surface area contributed by atoms with Crippen LogP contribution in [-0.4, -0.2) is 19.3 Å². The minimum absolute atomic E-state index is 0.202. The predicted octanol–water partition coefficient (Wildman–Crippen LogP) is -0.0637. The summed E-state index contributed by atoms with van der Waals surface area (Å²) in [5.41, 5.74) is 0. The van der Waals surface area contributed by atoms with Crippen molar-refractivity contribution in [2.75, 3.05) is 19.3 Å². The maximum absolute atomic E-state index is 4.15. The zero-order chi connectivity index (χ0) is 4.41. The molecule has 1 heterocycles. The van der Waals surface area contributed by atoms with Gasteiger partial charge in [0.1, 0.15) is 0 Å². The van der Waals surface area contributed by atoms with Gasteiger partial charge in [-0.2, -0.15) is 0 Å². The summed E-state index contributed by atoms with van der Waals surface area (Å²) in [6.45, 7) is 2.10. The monoisotopic (exact) mass is 104 g/mol. The molecule has 0 aliphatic carbocycles. The first-order valence-corrected chi connectivity index (χ1v) is 3.55. The molecule has 0 saturated carbocycles. The fraction of sp³-hybridized carbons (Fsp3) is 1.00. The Morgan fingerprint density at radius 2 is 2.67 bits per heavy atom. The molecule has 0 aromatic heterocycles. The topological polar surface area (TPSA) is 24.4 Å². The van der Waals surface area contributed by atoms with Crippen molar-refractivity contribution in [2.45, 2.75) is 0 Å². The van der Waals surface area contributed by atoms with Gasteiger partial charge in [0.25, 0.3) is 0 Å². The molecule has 0 aromatic rings. The molecule has 0 fully saturated rings. The van der Waals surface area contributed by atoms with E-state index < -0.39 is 0 Å². The first-order chi connectivity index (χ1) is 2.89. The number of nitrogens with zero attached hydrogens (tertiary/aromatic N) is 1. The van der Waals surface area contributed by atoms with Gasteiger partial charge in [-0.15, -0.1) is 0 Å². The lowest BCUT2D eigenvalue weighted by molar-refractivity contribution is 0.973. The van der Waals surface area contributed by atoms with Crippen LogP contribution in [0.15, 0.2) is 4.36 Å². The highest BCUT2D eigenvalue weighted by molar-refractivity contribution is 7.84. The number of hydrogen-bond donors (Lipinski definition) is 1. The zero-order valence-corrected chi connectivity index (χ0v) is 4.59. The van der Waals surface area contributed by atoms with Crippen LogP contribution in [0.2, 0.25) is 0 Å². The quantitative estimate of drug-likeness (QED) is 0.457. The Morgan fingerprint density at radius 3 is 2.83 bits per heavy atom. The Morgan fingerprint density at radius 1 is 1.83 bits per heavy atom. The van der Waals surface area contributed by atoms with Crippen LogP contribution in [0.3, 0.4) is 0 Å². The van der Waals surface area contributed by atoms with Crippen LogP contribution in [-0.2, 0) is 10.9 Å². The van der Waals surface area contributed by atoms with E-state index in [0.717, 1.165) is 13.1 Å². The fourth-order valence-electron chi connectivity index (χ4n) is 0.422. The molecule has 2 nitrogen and oxygen atoms in total. The van der Waals surface area contributed by atoms with E-state index in [1.165, 1.54) is 0 Å². The molecule has 1 unspecified atom stereocenters. The average Bonchev–Trinajstić information content (AvgIpc) is 1.86. The van der Waals surface area contributed by atoms with Crippen molar-refractivity contribution in [3.8, 4) is 0 Å². The number of hydrogen-bond acceptors (Lipinski definition) is 2. The Kier molecular flexibility index (Phi) is 1.22. The summed E-state index contributed by atoms with van der Waals surface area (Å²) in [6.07, 6.45) is 2.09. The summed E-state index contributed by atoms with van der Waals surface area (Å²) in [7, 11) is 0.202. The van der Waals surface area contributed by atoms with E-state index in [-0.39, 0.29) is 10.9 Å². The van der Waals surface area contributed by atoms with Gasteiger partial charge in [0.15, 0.2) is 0 Å². The van der Waals surface area contributed by atoms with Gasteiger partial charge in [-0.25, -0.2) is 4.36 Å². The molecule has 1 atom stereocenters. The molecule has 36 valence electrons. The van der Waals surface area contributed by atoms with Crippen molar-refractivity contribution < 1.29 is 0 Å². The molecule has 0 aromatic carbocycles. The number of nitrogens with one attached hydrogen (secondary N) is 1. The van der Waals surface area contributed by atoms with Gasteiger partial charge in [-0.05, 0) is 10.9 Å². The van der Waals surface area contributed by atoms with Gasteiger partial charge < -0.3 is 0 Å². The van der Waals surface area contributed by atoms with Crippen molar-refractivity contribution in [1.29, 1.82) is 0 Å². The maximum Gasteiger partial charge on any atom is 0.0606 e. The lowest BCUT2D eigenvalue weighted by atomic mass is 10.7. The molecule has 0 amide bonds. The van der Waals surface area contributed by atoms with Crippen LogP contribution in [0, 0.1) is 0 Å². The summed E-state index contributed by atoms with van der Waals surface area (Å²) in [5.74, 6) is 0. The van der Waals surface area contributed by atoms with Crippen LogP contribution in [0.5, 0.6) is 0 Å². The molecule has 0 saturated heterocycles. The van der Waals surface area contributed by atoms with E-state index in [2.05, 4.69) is 15.3 Å². The van der Waals surface area contributed by atoms with E-state index in [4.69, 9.17) is 0 Å². The van der Waals surface area contributed by atoms with Crippen LogP contribution >= 0.6 is 0 Å². The van der Waals surface area contributed by atoms with E-state index in [1.54, 1.807) is 0 Å². The van der Waals surface area contributed by atoms with Crippen LogP contribution < -0.4 is 4.72 Å². The van der Waals surface area contributed by atoms with E-state index in [9.17, 15) is 0 Å². The zero-order valence-electron chi connectivity index (χ0n) is 3.77. The highest BCUT2D eigenvalue weighted by atomic mass is 32.2. The molecule has 1 rings (SSSR count). The normalized spacial score (nSPS) is 33.2. The van der Waals surface area contributed by atoms with Crippen molar-refractivity contribution in [3.63, 3.8) is 0 Å². The van der Waals surface area contributed by atoms with E-state index in [0.29, 0.717) is 0 Å². The summed E-state index contributed by atoms with van der Waals surface area (Å²) in [4.78, 5) is 0. The second-order valence-electron chi connectivity index (χ2n) is 1.23. The van der Waals surface area contributed by atoms with E-state index >= 15 is 0 Å². The molecule has 0 radical (unpaired) electrons. The van der Waals surface area contributed by atoms with Crippen molar-refractivity contribution >= 4 is 10.9 Å². The SMILES string of the molecule is CS1=NCCN1. The predicted molar refractivity (Wildman–Crippen MR) is 28.6 cm³/mol. The second kappa shape index (κ2) is 1.71. The average molecular weight is 104 g/mol. The summed E-state index contributed by atoms with van der Waals surface area (Å²) in [5, 5.41) is 0. The van der Waals surface area contributed by atoms with Gasteiger partial charge in [-0.1, -0.05) is 0 Å². The fourth-order valence-corrected chi connectivity index (χ4v) is 1.26. The molecule has 3 heteroatoms. The lowest BCUT2D eigenvalue weighted by Crippen LogP contribution is -2.09. The molecule has 6 heavy (non-hydrogen) atoms. The molecular weight excluding hydrogens is 96.1 g/mol. The third kappa shape index (κ3) is 0.786. The van der Waals surface area contributed by atoms with Gasteiger partial charge in [-0.3, -0.25) is 4.72 Å². The second-order valence-corrected chi connectivity index (χ2v) is 2.73. The Bertz CT molecular complexity index is 78.9. The molecule has 0 spiro atoms. The van der Waals surface area contributed by atoms with Gasteiger partial charge in [0.2, 0.25) is 0 Å². The van der Waals surface area contributed by atoms with Crippen LogP contribution in [0.4, 0.5) is 0 Å². The van der Waals surface area contributed by atoms with Gasteiger partial charge >= 0.3 is 0 Å². The summed E-state index contributed by atoms with van der Waals surface area (Å²) < 4.78 is 7.33. The van der Waals surface area contributed by atoms with Crippen molar-refractivity contribution in [2.24, 2.45) is 4.36 Å². The minimum Gasteiger partial charge on any atom is -0.254 e. The Labute approximate surface area is 40.2 Å². The van der Waals surface area contributed by atoms with Crippen molar-refractivity contribution in [1.82, 2.24) is 4.72 Å². The third-order valence-electron chi connectivity index (χ3n) is 0.708. The molecule has 1 N–H and O–H groups in total. The molecule has 0 bridgehead atoms. The van der Waals surface area contributed by atoms with Gasteiger partial charge in [0, 0.05) is 12.8 Å². The van der Waals surface area contributed by atoms with Crippen LogP contribution in [0.1, 0.15) is 0 Å². The molecule has 1 aliphatic rings. The summed E-state index contributed by atoms with van der Waals surface area (Å²) in [6, 6.07) is 0. The largest absolute Gasteiger partial charge is 0.254 e. The first-order valence-electron chi connectivity index (χ1n) is 1.96. The standard InChI is InChI=1S/C3H8N2S/c1-6-4-2-3-5-6/h2-3H2,1H3,(H,4,5). The summed E-state index contributed by atoms with van der Waals surface area (Å²) >= 11 is 0. The molecular formula is C3H8N2S. The Hall–Kier alpha value is 0.110. The number of rotatable bonds is 0. The lowest BCUT2D eigenvalue weighted by Gasteiger charge is -1.84. The third-order valence-corrected chi connectivity index (χ3v) is 1.90. The Balaban J connectivity index is 2.45. The van der Waals surface area contributed by atoms with Crippen molar-refractivity contribution in [3.05, 3.63) is 0 Å². The van der Waals surface area contributed by atoms with Crippen LogP contribution in [0.25, 0.3) is 0 Å². The maximum atomic E-state index is 4.15. The minimum atomic E-state index is 0.202. The highest BCUT2D eigenvalue weighted by Crippen LogP contribution is 1.83.